The van der Waals surface area contributed by atoms with Crippen molar-refractivity contribution in [2.75, 3.05) is 18.5 Å². The van der Waals surface area contributed by atoms with E-state index in [1.54, 1.807) is 0 Å². The molecule has 1 aromatic heterocycles. The molecule has 0 bridgehead atoms. The Morgan fingerprint density at radius 2 is 2.00 bits per heavy atom. The van der Waals surface area contributed by atoms with Crippen molar-refractivity contribution >= 4 is 6.01 Å². The summed E-state index contributed by atoms with van der Waals surface area (Å²) in [7, 11) is 0. The first kappa shape index (κ1) is 10.6. The number of benzene rings is 1. The van der Waals surface area contributed by atoms with Crippen molar-refractivity contribution in [2.45, 2.75) is 6.92 Å². The van der Waals surface area contributed by atoms with Gasteiger partial charge in [0.05, 0.1) is 6.61 Å². The molecule has 0 amide bonds. The van der Waals surface area contributed by atoms with Gasteiger partial charge in [-0.3, -0.25) is 0 Å². The van der Waals surface area contributed by atoms with E-state index in [2.05, 4.69) is 15.5 Å². The number of aliphatic hydroxyl groups is 1. The maximum absolute atomic E-state index is 8.63. The third-order valence-corrected chi connectivity index (χ3v) is 2.11. The molecule has 0 spiro atoms. The highest BCUT2D eigenvalue weighted by atomic mass is 16.4. The van der Waals surface area contributed by atoms with Crippen molar-refractivity contribution in [1.82, 2.24) is 10.2 Å². The van der Waals surface area contributed by atoms with Crippen LogP contribution >= 0.6 is 0 Å². The predicted molar refractivity (Wildman–Crippen MR) is 60.0 cm³/mol. The summed E-state index contributed by atoms with van der Waals surface area (Å²) in [5.74, 6) is 0.473. The highest BCUT2D eigenvalue weighted by Gasteiger charge is 2.07. The molecule has 0 saturated carbocycles. The van der Waals surface area contributed by atoms with E-state index in [0.29, 0.717) is 18.5 Å². The summed E-state index contributed by atoms with van der Waals surface area (Å²) in [6, 6.07) is 8.16. The summed E-state index contributed by atoms with van der Waals surface area (Å²) >= 11 is 0. The largest absolute Gasteiger partial charge is 0.403 e. The maximum Gasteiger partial charge on any atom is 0.315 e. The summed E-state index contributed by atoms with van der Waals surface area (Å²) in [6.45, 7) is 2.45. The van der Waals surface area contributed by atoms with Crippen molar-refractivity contribution in [3.05, 3.63) is 29.8 Å². The number of aliphatic hydroxyl groups excluding tert-OH is 1. The van der Waals surface area contributed by atoms with Gasteiger partial charge in [-0.15, -0.1) is 5.10 Å². The van der Waals surface area contributed by atoms with Crippen LogP contribution in [0.5, 0.6) is 0 Å². The lowest BCUT2D eigenvalue weighted by Crippen LogP contribution is -2.05. The van der Waals surface area contributed by atoms with Crippen LogP contribution in [0.3, 0.4) is 0 Å². The number of aromatic nitrogens is 2. The first-order valence-corrected chi connectivity index (χ1v) is 5.05. The Morgan fingerprint density at radius 3 is 2.69 bits per heavy atom. The van der Waals surface area contributed by atoms with Gasteiger partial charge in [0.25, 0.3) is 0 Å². The molecule has 2 N–H and O–H groups in total. The molecule has 2 rings (SSSR count). The first-order chi connectivity index (χ1) is 7.79. The maximum atomic E-state index is 8.63. The molecule has 84 valence electrons. The molecule has 16 heavy (non-hydrogen) atoms. The first-order valence-electron chi connectivity index (χ1n) is 5.05. The van der Waals surface area contributed by atoms with Crippen molar-refractivity contribution < 1.29 is 9.52 Å². The van der Waals surface area contributed by atoms with Crippen LogP contribution in [0.2, 0.25) is 0 Å². The van der Waals surface area contributed by atoms with E-state index in [1.165, 1.54) is 5.56 Å². The quantitative estimate of drug-likeness (QED) is 0.814. The SMILES string of the molecule is Cc1ccc(-c2nnc(NCCO)o2)cc1. The zero-order valence-corrected chi connectivity index (χ0v) is 8.97. The third-order valence-electron chi connectivity index (χ3n) is 2.11. The average molecular weight is 219 g/mol. The molecule has 2 aromatic rings. The molecule has 0 aliphatic heterocycles. The van der Waals surface area contributed by atoms with Crippen molar-refractivity contribution in [1.29, 1.82) is 0 Å². The minimum Gasteiger partial charge on any atom is -0.403 e. The molecule has 1 heterocycles. The summed E-state index contributed by atoms with van der Waals surface area (Å²) in [5, 5.41) is 19.2. The Bertz CT molecular complexity index is 451. The van der Waals surface area contributed by atoms with Crippen LogP contribution in [0, 0.1) is 6.92 Å². The van der Waals surface area contributed by atoms with Gasteiger partial charge in [-0.25, -0.2) is 0 Å². The summed E-state index contributed by atoms with van der Waals surface area (Å²) in [6.07, 6.45) is 0. The van der Waals surface area contributed by atoms with Crippen molar-refractivity contribution in [3.8, 4) is 11.5 Å². The number of anilines is 1. The predicted octanol–water partition coefficient (Wildman–Crippen LogP) is 1.45. The zero-order chi connectivity index (χ0) is 11.4. The minimum atomic E-state index is 0.0300. The van der Waals surface area contributed by atoms with Crippen LogP contribution < -0.4 is 5.32 Å². The number of nitrogens with one attached hydrogen (secondary N) is 1. The van der Waals surface area contributed by atoms with Crippen LogP contribution in [-0.4, -0.2) is 28.5 Å². The number of rotatable bonds is 4. The molecule has 0 fully saturated rings. The van der Waals surface area contributed by atoms with Gasteiger partial charge in [-0.1, -0.05) is 22.8 Å². The number of nitrogens with zero attached hydrogens (tertiary/aromatic N) is 2. The lowest BCUT2D eigenvalue weighted by molar-refractivity contribution is 0.309. The Hall–Kier alpha value is -1.88. The molecule has 5 heteroatoms. The van der Waals surface area contributed by atoms with Gasteiger partial charge >= 0.3 is 6.01 Å². The molecule has 0 atom stereocenters. The smallest absolute Gasteiger partial charge is 0.315 e. The lowest BCUT2D eigenvalue weighted by atomic mass is 10.1. The minimum absolute atomic E-state index is 0.0300. The average Bonchev–Trinajstić information content (AvgIpc) is 2.76. The Labute approximate surface area is 93.1 Å². The van der Waals surface area contributed by atoms with E-state index in [1.807, 2.05) is 31.2 Å². The highest BCUT2D eigenvalue weighted by molar-refractivity contribution is 5.53. The number of hydrogen-bond acceptors (Lipinski definition) is 5. The van der Waals surface area contributed by atoms with Gasteiger partial charge in [0, 0.05) is 12.1 Å². The number of hydrogen-bond donors (Lipinski definition) is 2. The van der Waals surface area contributed by atoms with Crippen LogP contribution in [0.25, 0.3) is 11.5 Å². The van der Waals surface area contributed by atoms with E-state index < -0.39 is 0 Å². The van der Waals surface area contributed by atoms with Crippen LogP contribution in [0.1, 0.15) is 5.56 Å². The molecular formula is C11H13N3O2. The standard InChI is InChI=1S/C11H13N3O2/c1-8-2-4-9(5-3-8)10-13-14-11(16-10)12-6-7-15/h2-5,15H,6-7H2,1H3,(H,12,14). The van der Waals surface area contributed by atoms with E-state index in [-0.39, 0.29) is 6.61 Å². The normalized spacial score (nSPS) is 10.4. The van der Waals surface area contributed by atoms with Gasteiger partial charge in [0.15, 0.2) is 0 Å². The van der Waals surface area contributed by atoms with Gasteiger partial charge in [-0.05, 0) is 19.1 Å². The van der Waals surface area contributed by atoms with E-state index in [0.717, 1.165) is 5.56 Å². The van der Waals surface area contributed by atoms with Crippen molar-refractivity contribution in [2.24, 2.45) is 0 Å². The second-order valence-electron chi connectivity index (χ2n) is 3.43. The Kier molecular flexibility index (Phi) is 3.16. The van der Waals surface area contributed by atoms with Gasteiger partial charge < -0.3 is 14.8 Å². The van der Waals surface area contributed by atoms with E-state index in [9.17, 15) is 0 Å². The molecule has 0 aliphatic carbocycles. The fourth-order valence-electron chi connectivity index (χ4n) is 1.27. The zero-order valence-electron chi connectivity index (χ0n) is 8.97. The molecule has 0 saturated heterocycles. The molecular weight excluding hydrogens is 206 g/mol. The fraction of sp³-hybridized carbons (Fsp3) is 0.273. The summed E-state index contributed by atoms with van der Waals surface area (Å²) in [4.78, 5) is 0. The summed E-state index contributed by atoms with van der Waals surface area (Å²) in [5.41, 5.74) is 2.07. The molecule has 1 aromatic carbocycles. The van der Waals surface area contributed by atoms with Crippen LogP contribution in [-0.2, 0) is 0 Å². The van der Waals surface area contributed by atoms with Crippen molar-refractivity contribution in [3.63, 3.8) is 0 Å². The van der Waals surface area contributed by atoms with Gasteiger partial charge in [-0.2, -0.15) is 0 Å². The second kappa shape index (κ2) is 4.76. The molecule has 5 nitrogen and oxygen atoms in total. The number of aryl methyl sites for hydroxylation is 1. The Balaban J connectivity index is 2.15. The second-order valence-corrected chi connectivity index (χ2v) is 3.43. The van der Waals surface area contributed by atoms with Gasteiger partial charge in [0.2, 0.25) is 5.89 Å². The molecule has 0 radical (unpaired) electrons. The topological polar surface area (TPSA) is 71.2 Å². The van der Waals surface area contributed by atoms with E-state index in [4.69, 9.17) is 9.52 Å². The third kappa shape index (κ3) is 2.38. The summed E-state index contributed by atoms with van der Waals surface area (Å²) < 4.78 is 5.37. The van der Waals surface area contributed by atoms with Crippen LogP contribution in [0.15, 0.2) is 28.7 Å². The molecule has 0 aliphatic rings. The van der Waals surface area contributed by atoms with E-state index >= 15 is 0 Å². The highest BCUT2D eigenvalue weighted by Crippen LogP contribution is 2.19. The Morgan fingerprint density at radius 1 is 1.25 bits per heavy atom. The van der Waals surface area contributed by atoms with Gasteiger partial charge in [0.1, 0.15) is 0 Å². The van der Waals surface area contributed by atoms with Crippen LogP contribution in [0.4, 0.5) is 6.01 Å². The monoisotopic (exact) mass is 219 g/mol. The fourth-order valence-corrected chi connectivity index (χ4v) is 1.27. The lowest BCUT2D eigenvalue weighted by Gasteiger charge is -1.96. The molecule has 0 unspecified atom stereocenters.